The molecule has 4 rings (SSSR count). The highest BCUT2D eigenvalue weighted by atomic mass is 32.2. The summed E-state index contributed by atoms with van der Waals surface area (Å²) in [4.78, 5) is 29.0. The summed E-state index contributed by atoms with van der Waals surface area (Å²) in [5.74, 6) is -0.212. The maximum absolute atomic E-state index is 13.1. The summed E-state index contributed by atoms with van der Waals surface area (Å²) >= 11 is 0. The summed E-state index contributed by atoms with van der Waals surface area (Å²) in [7, 11) is -3.42. The van der Waals surface area contributed by atoms with Crippen molar-refractivity contribution in [2.45, 2.75) is 18.6 Å². The highest BCUT2D eigenvalue weighted by Gasteiger charge is 2.35. The van der Waals surface area contributed by atoms with Gasteiger partial charge in [0.25, 0.3) is 5.91 Å². The number of carbonyl (C=O) groups excluding carboxylic acids is 2. The highest BCUT2D eigenvalue weighted by Crippen LogP contribution is 2.22. The molecule has 0 spiro atoms. The van der Waals surface area contributed by atoms with Crippen molar-refractivity contribution >= 4 is 21.8 Å². The molecule has 31 heavy (non-hydrogen) atoms. The van der Waals surface area contributed by atoms with Crippen molar-refractivity contribution < 1.29 is 22.4 Å². The molecule has 2 aromatic rings. The van der Waals surface area contributed by atoms with Crippen LogP contribution in [0.2, 0.25) is 0 Å². The number of benzene rings is 1. The lowest BCUT2D eigenvalue weighted by molar-refractivity contribution is -0.138. The molecule has 2 amide bonds. The molecule has 9 heteroatoms. The van der Waals surface area contributed by atoms with Crippen LogP contribution in [0.15, 0.2) is 53.1 Å². The molecule has 2 aliphatic rings. The molecular formula is C22H27N3O5S. The number of hydrogen-bond donors (Lipinski definition) is 0. The van der Waals surface area contributed by atoms with Crippen molar-refractivity contribution in [1.29, 1.82) is 0 Å². The van der Waals surface area contributed by atoms with E-state index in [2.05, 4.69) is 0 Å². The van der Waals surface area contributed by atoms with Gasteiger partial charge in [-0.1, -0.05) is 30.3 Å². The summed E-state index contributed by atoms with van der Waals surface area (Å²) in [6.45, 7) is 2.30. The first-order valence-corrected chi connectivity index (χ1v) is 12.2. The molecule has 2 aliphatic heterocycles. The van der Waals surface area contributed by atoms with E-state index in [1.54, 1.807) is 34.1 Å². The molecule has 0 N–H and O–H groups in total. The van der Waals surface area contributed by atoms with Crippen molar-refractivity contribution in [2.75, 3.05) is 39.3 Å². The Morgan fingerprint density at radius 3 is 2.35 bits per heavy atom. The average molecular weight is 446 g/mol. The van der Waals surface area contributed by atoms with Crippen LogP contribution >= 0.6 is 0 Å². The van der Waals surface area contributed by atoms with E-state index in [1.165, 1.54) is 10.6 Å². The number of furan rings is 1. The Morgan fingerprint density at radius 1 is 0.935 bits per heavy atom. The lowest BCUT2D eigenvalue weighted by Gasteiger charge is -2.38. The smallest absolute Gasteiger partial charge is 0.289 e. The van der Waals surface area contributed by atoms with Crippen molar-refractivity contribution in [3.05, 3.63) is 60.1 Å². The van der Waals surface area contributed by atoms with E-state index in [4.69, 9.17) is 4.42 Å². The number of piperidine rings is 1. The van der Waals surface area contributed by atoms with Gasteiger partial charge in [0, 0.05) is 39.3 Å². The molecule has 2 saturated heterocycles. The van der Waals surface area contributed by atoms with Gasteiger partial charge in [-0.2, -0.15) is 4.31 Å². The molecule has 0 unspecified atom stereocenters. The zero-order valence-corrected chi connectivity index (χ0v) is 18.2. The van der Waals surface area contributed by atoms with Gasteiger partial charge in [0.1, 0.15) is 0 Å². The SMILES string of the molecule is O=C(c1ccco1)N1CCC[C@@H](C(=O)N2CCN(S(=O)(=O)Cc3ccccc3)CC2)C1. The molecule has 3 heterocycles. The molecule has 166 valence electrons. The normalized spacial score (nSPS) is 20.6. The van der Waals surface area contributed by atoms with E-state index >= 15 is 0 Å². The first kappa shape index (κ1) is 21.6. The Balaban J connectivity index is 1.32. The molecule has 2 fully saturated rings. The third-order valence-electron chi connectivity index (χ3n) is 5.93. The fourth-order valence-electron chi connectivity index (χ4n) is 4.24. The van der Waals surface area contributed by atoms with Crippen molar-refractivity contribution in [1.82, 2.24) is 14.1 Å². The van der Waals surface area contributed by atoms with Crippen LogP contribution in [0.5, 0.6) is 0 Å². The molecule has 1 atom stereocenters. The summed E-state index contributed by atoms with van der Waals surface area (Å²) in [6, 6.07) is 12.4. The van der Waals surface area contributed by atoms with Crippen molar-refractivity contribution in [3.63, 3.8) is 0 Å². The summed E-state index contributed by atoms with van der Waals surface area (Å²) in [5, 5.41) is 0. The van der Waals surface area contributed by atoms with Gasteiger partial charge in [-0.25, -0.2) is 8.42 Å². The largest absolute Gasteiger partial charge is 0.459 e. The van der Waals surface area contributed by atoms with Gasteiger partial charge in [0.2, 0.25) is 15.9 Å². The minimum absolute atomic E-state index is 0.00273. The fraction of sp³-hybridized carbons (Fsp3) is 0.455. The Kier molecular flexibility index (Phi) is 6.43. The third kappa shape index (κ3) is 4.99. The Labute approximate surface area is 182 Å². The Morgan fingerprint density at radius 2 is 1.68 bits per heavy atom. The first-order valence-electron chi connectivity index (χ1n) is 10.6. The molecule has 0 bridgehead atoms. The van der Waals surface area contributed by atoms with Crippen molar-refractivity contribution in [2.24, 2.45) is 5.92 Å². The average Bonchev–Trinajstić information content (AvgIpc) is 3.34. The molecule has 0 saturated carbocycles. The van der Waals surface area contributed by atoms with Gasteiger partial charge in [-0.05, 0) is 30.5 Å². The predicted octanol–water partition coefficient (Wildman–Crippen LogP) is 1.81. The van der Waals surface area contributed by atoms with Gasteiger partial charge in [0.15, 0.2) is 5.76 Å². The van der Waals surface area contributed by atoms with E-state index in [0.29, 0.717) is 39.3 Å². The zero-order valence-electron chi connectivity index (χ0n) is 17.4. The summed E-state index contributed by atoms with van der Waals surface area (Å²) < 4.78 is 32.1. The van der Waals surface area contributed by atoms with Gasteiger partial charge in [-0.15, -0.1) is 0 Å². The van der Waals surface area contributed by atoms with Crippen LogP contribution in [0.4, 0.5) is 0 Å². The number of likely N-dealkylation sites (tertiary alicyclic amines) is 1. The summed E-state index contributed by atoms with van der Waals surface area (Å²) in [5.41, 5.74) is 0.754. The molecule has 1 aromatic heterocycles. The number of piperazine rings is 1. The van der Waals surface area contributed by atoms with Crippen LogP contribution in [0, 0.1) is 5.92 Å². The number of carbonyl (C=O) groups is 2. The van der Waals surface area contributed by atoms with Gasteiger partial charge < -0.3 is 14.2 Å². The molecule has 8 nitrogen and oxygen atoms in total. The molecule has 0 radical (unpaired) electrons. The number of amides is 2. The first-order chi connectivity index (χ1) is 14.9. The number of sulfonamides is 1. The van der Waals surface area contributed by atoms with E-state index in [1.807, 2.05) is 18.2 Å². The monoisotopic (exact) mass is 445 g/mol. The second-order valence-corrected chi connectivity index (χ2v) is 10.0. The van der Waals surface area contributed by atoms with E-state index in [-0.39, 0.29) is 29.2 Å². The van der Waals surface area contributed by atoms with Crippen molar-refractivity contribution in [3.8, 4) is 0 Å². The van der Waals surface area contributed by atoms with Crippen LogP contribution in [0.1, 0.15) is 29.0 Å². The quantitative estimate of drug-likeness (QED) is 0.700. The van der Waals surface area contributed by atoms with E-state index < -0.39 is 10.0 Å². The Hall–Kier alpha value is -2.65. The van der Waals surface area contributed by atoms with Crippen LogP contribution in [0.25, 0.3) is 0 Å². The number of hydrogen-bond acceptors (Lipinski definition) is 5. The maximum atomic E-state index is 13.1. The van der Waals surface area contributed by atoms with Crippen LogP contribution in [-0.2, 0) is 20.6 Å². The lowest BCUT2D eigenvalue weighted by atomic mass is 9.96. The minimum atomic E-state index is -3.42. The van der Waals surface area contributed by atoms with Gasteiger partial charge in [-0.3, -0.25) is 9.59 Å². The number of nitrogens with zero attached hydrogens (tertiary/aromatic N) is 3. The topological polar surface area (TPSA) is 91.1 Å². The maximum Gasteiger partial charge on any atom is 0.289 e. The van der Waals surface area contributed by atoms with Crippen LogP contribution in [-0.4, -0.2) is 73.6 Å². The van der Waals surface area contributed by atoms with Gasteiger partial charge in [0.05, 0.1) is 17.9 Å². The van der Waals surface area contributed by atoms with Gasteiger partial charge >= 0.3 is 0 Å². The molecular weight excluding hydrogens is 418 g/mol. The predicted molar refractivity (Wildman–Crippen MR) is 115 cm³/mol. The number of rotatable bonds is 5. The van der Waals surface area contributed by atoms with Crippen LogP contribution in [0.3, 0.4) is 0 Å². The molecule has 0 aliphatic carbocycles. The second kappa shape index (κ2) is 9.23. The van der Waals surface area contributed by atoms with Crippen LogP contribution < -0.4 is 0 Å². The zero-order chi connectivity index (χ0) is 21.8. The van der Waals surface area contributed by atoms with E-state index in [0.717, 1.165) is 18.4 Å². The minimum Gasteiger partial charge on any atom is -0.459 e. The Bertz CT molecular complexity index is 999. The fourth-order valence-corrected chi connectivity index (χ4v) is 5.76. The molecule has 1 aromatic carbocycles. The third-order valence-corrected chi connectivity index (χ3v) is 7.78. The lowest BCUT2D eigenvalue weighted by Crippen LogP contribution is -2.54. The second-order valence-electron chi connectivity index (χ2n) is 8.03. The van der Waals surface area contributed by atoms with E-state index in [9.17, 15) is 18.0 Å². The summed E-state index contributed by atoms with van der Waals surface area (Å²) in [6.07, 6.45) is 2.95. The standard InChI is InChI=1S/C22H27N3O5S/c26-21(19-8-4-10-24(16-19)22(27)20-9-5-15-30-20)23-11-13-25(14-12-23)31(28,29)17-18-6-2-1-3-7-18/h1-3,5-7,9,15,19H,4,8,10-14,16-17H2/t19-/m1/s1. The highest BCUT2D eigenvalue weighted by molar-refractivity contribution is 7.88.